The summed E-state index contributed by atoms with van der Waals surface area (Å²) in [5.41, 5.74) is 3.77. The van der Waals surface area contributed by atoms with E-state index in [1.807, 2.05) is 24.3 Å². The molecule has 1 unspecified atom stereocenters. The molecule has 228 valence electrons. The number of halogens is 3. The molecule has 2 heterocycles. The Hall–Kier alpha value is -3.31. The summed E-state index contributed by atoms with van der Waals surface area (Å²) in [6.45, 7) is 6.32. The molecule has 1 amide bonds. The zero-order valence-electron chi connectivity index (χ0n) is 24.1. The third kappa shape index (κ3) is 7.44. The number of carbonyl (C=O) groups is 1. The van der Waals surface area contributed by atoms with Crippen LogP contribution in [0.15, 0.2) is 72.3 Å². The average Bonchev–Trinajstić information content (AvgIpc) is 2.93. The van der Waals surface area contributed by atoms with E-state index < -0.39 is 21.5 Å². The Labute approximate surface area is 256 Å². The number of nitrogens with zero attached hydrogens (tertiary/aromatic N) is 3. The lowest BCUT2D eigenvalue weighted by molar-refractivity contribution is 0.0778. The van der Waals surface area contributed by atoms with E-state index in [1.165, 1.54) is 0 Å². The Morgan fingerprint density at radius 1 is 0.907 bits per heavy atom. The molecule has 0 spiro atoms. The number of rotatable bonds is 8. The summed E-state index contributed by atoms with van der Waals surface area (Å²) < 4.78 is 58.6. The number of carbonyl (C=O) groups excluding carboxylic acids is 1. The Bertz CT molecular complexity index is 1580. The van der Waals surface area contributed by atoms with Crippen molar-refractivity contribution >= 4 is 32.4 Å². The summed E-state index contributed by atoms with van der Waals surface area (Å²) in [4.78, 5) is 18.1. The molecule has 5 rings (SSSR count). The van der Waals surface area contributed by atoms with Crippen LogP contribution in [0.4, 0.5) is 13.6 Å². The van der Waals surface area contributed by atoms with E-state index in [4.69, 9.17) is 16.3 Å². The van der Waals surface area contributed by atoms with Crippen molar-refractivity contribution < 1.29 is 26.7 Å². The smallest absolute Gasteiger partial charge is 0.409 e. The van der Waals surface area contributed by atoms with Gasteiger partial charge in [0, 0.05) is 63.2 Å². The minimum atomic E-state index is -3.76. The highest BCUT2D eigenvalue weighted by Gasteiger charge is 2.35. The highest BCUT2D eigenvalue weighted by Crippen LogP contribution is 2.39. The largest absolute Gasteiger partial charge is 0.450 e. The van der Waals surface area contributed by atoms with Crippen molar-refractivity contribution in [3.8, 4) is 0 Å². The lowest BCUT2D eigenvalue weighted by atomic mass is 9.91. The van der Waals surface area contributed by atoms with Crippen LogP contribution in [0.25, 0.3) is 4.91 Å². The molecule has 43 heavy (non-hydrogen) atoms. The number of likely N-dealkylation sites (tertiary alicyclic amines) is 1. The quantitative estimate of drug-likeness (QED) is 0.316. The van der Waals surface area contributed by atoms with Crippen LogP contribution < -0.4 is 0 Å². The summed E-state index contributed by atoms with van der Waals surface area (Å²) in [7, 11) is -3.76. The Morgan fingerprint density at radius 2 is 1.47 bits per heavy atom. The van der Waals surface area contributed by atoms with Crippen molar-refractivity contribution in [1.29, 1.82) is 0 Å². The molecule has 0 saturated carbocycles. The van der Waals surface area contributed by atoms with E-state index >= 15 is 0 Å². The predicted octanol–water partition coefficient (Wildman–Crippen LogP) is 5.75. The van der Waals surface area contributed by atoms with Crippen LogP contribution in [0.3, 0.4) is 0 Å². The van der Waals surface area contributed by atoms with Gasteiger partial charge in [0.05, 0.1) is 17.6 Å². The zero-order valence-corrected chi connectivity index (χ0v) is 25.7. The summed E-state index contributed by atoms with van der Waals surface area (Å²) in [6, 6.07) is 18.5. The lowest BCUT2D eigenvalue weighted by Crippen LogP contribution is -2.48. The maximum atomic E-state index is 14.0. The van der Waals surface area contributed by atoms with Gasteiger partial charge in [0.1, 0.15) is 11.6 Å². The molecule has 0 aliphatic carbocycles. The molecule has 3 aromatic rings. The Balaban J connectivity index is 1.35. The van der Waals surface area contributed by atoms with Crippen molar-refractivity contribution in [3.63, 3.8) is 0 Å². The average molecular weight is 630 g/mol. The highest BCUT2D eigenvalue weighted by atomic mass is 35.5. The number of amides is 1. The van der Waals surface area contributed by atoms with Crippen molar-refractivity contribution in [2.45, 2.75) is 19.5 Å². The van der Waals surface area contributed by atoms with Gasteiger partial charge in [-0.15, -0.1) is 0 Å². The number of piperazine rings is 1. The first-order valence-electron chi connectivity index (χ1n) is 14.1. The second-order valence-corrected chi connectivity index (χ2v) is 13.3. The van der Waals surface area contributed by atoms with Gasteiger partial charge in [0.2, 0.25) is 0 Å². The number of hydrogen-bond donors (Lipinski definition) is 0. The monoisotopic (exact) mass is 629 g/mol. The number of benzene rings is 3. The van der Waals surface area contributed by atoms with Gasteiger partial charge in [-0.1, -0.05) is 48.0 Å². The normalized spacial score (nSPS) is 17.0. The van der Waals surface area contributed by atoms with Gasteiger partial charge < -0.3 is 9.64 Å². The van der Waals surface area contributed by atoms with E-state index in [-0.39, 0.29) is 22.6 Å². The molecule has 1 atom stereocenters. The summed E-state index contributed by atoms with van der Waals surface area (Å²) in [5.74, 6) is -1.65. The maximum absolute atomic E-state index is 14.0. The summed E-state index contributed by atoms with van der Waals surface area (Å²) >= 11 is 6.17. The van der Waals surface area contributed by atoms with E-state index in [0.717, 1.165) is 60.8 Å². The van der Waals surface area contributed by atoms with Crippen LogP contribution in [-0.2, 0) is 21.1 Å². The molecule has 0 bridgehead atoms. The third-order valence-electron chi connectivity index (χ3n) is 7.76. The Kier molecular flexibility index (Phi) is 9.51. The lowest BCUT2D eigenvalue weighted by Gasteiger charge is -2.42. The second-order valence-electron chi connectivity index (χ2n) is 10.9. The fraction of sp³-hybridized carbons (Fsp3) is 0.344. The van der Waals surface area contributed by atoms with Crippen molar-refractivity contribution in [3.05, 3.63) is 111 Å². The first kappa shape index (κ1) is 31.1. The number of hydrogen-bond acceptors (Lipinski definition) is 6. The van der Waals surface area contributed by atoms with Gasteiger partial charge in [0.15, 0.2) is 9.84 Å². The van der Waals surface area contributed by atoms with Gasteiger partial charge >= 0.3 is 6.09 Å². The molecule has 2 saturated heterocycles. The molecule has 11 heteroatoms. The molecule has 0 radical (unpaired) electrons. The maximum Gasteiger partial charge on any atom is 0.409 e. The van der Waals surface area contributed by atoms with Crippen LogP contribution in [0.1, 0.15) is 35.2 Å². The zero-order chi connectivity index (χ0) is 30.7. The molecule has 2 aliphatic heterocycles. The second kappa shape index (κ2) is 13.1. The molecule has 2 fully saturated rings. The van der Waals surface area contributed by atoms with Gasteiger partial charge in [0.25, 0.3) is 0 Å². The van der Waals surface area contributed by atoms with Gasteiger partial charge in [-0.3, -0.25) is 9.80 Å². The van der Waals surface area contributed by atoms with Crippen LogP contribution in [0.5, 0.6) is 0 Å². The predicted molar refractivity (Wildman–Crippen MR) is 163 cm³/mol. The third-order valence-corrected chi connectivity index (χ3v) is 9.27. The molecule has 0 N–H and O–H groups in total. The van der Waals surface area contributed by atoms with Crippen molar-refractivity contribution in [1.82, 2.24) is 14.7 Å². The topological polar surface area (TPSA) is 70.2 Å². The van der Waals surface area contributed by atoms with Gasteiger partial charge in [-0.05, 0) is 59.0 Å². The van der Waals surface area contributed by atoms with Crippen molar-refractivity contribution in [2.24, 2.45) is 0 Å². The number of ether oxygens (including phenoxy) is 1. The van der Waals surface area contributed by atoms with Crippen molar-refractivity contribution in [2.75, 3.05) is 52.1 Å². The Morgan fingerprint density at radius 3 is 2.00 bits per heavy atom. The first-order valence-corrected chi connectivity index (χ1v) is 16.4. The standard InChI is InChI=1S/C32H34ClF2N3O4S/c1-3-42-32(39)37-14-12-36(13-15-37)19-22-4-6-23(7-5-22)30(24-8-10-27(33)11-9-24)38-20-26(21-38)31(43(2,40)41)25-16-28(34)18-29(35)17-25/h4-11,16-18,30H,3,12-15,19-21H2,1-2H3. The van der Waals surface area contributed by atoms with Crippen LogP contribution >= 0.6 is 11.6 Å². The summed E-state index contributed by atoms with van der Waals surface area (Å²) in [5, 5.41) is 0.609. The first-order chi connectivity index (χ1) is 20.5. The summed E-state index contributed by atoms with van der Waals surface area (Å²) in [6.07, 6.45) is 0.794. The van der Waals surface area contributed by atoms with Gasteiger partial charge in [-0.2, -0.15) is 0 Å². The van der Waals surface area contributed by atoms with Crippen LogP contribution in [0.2, 0.25) is 5.02 Å². The molecular formula is C32H34ClF2N3O4S. The van der Waals surface area contributed by atoms with E-state index in [2.05, 4.69) is 34.1 Å². The van der Waals surface area contributed by atoms with E-state index in [1.54, 1.807) is 11.8 Å². The minimum Gasteiger partial charge on any atom is -0.450 e. The SMILES string of the molecule is CCOC(=O)N1CCN(Cc2ccc(C(c3ccc(Cl)cc3)N3CC(=C(c4cc(F)cc(F)c4)S(C)(=O)=O)C3)cc2)CC1. The van der Waals surface area contributed by atoms with E-state index in [9.17, 15) is 22.0 Å². The molecule has 2 aliphatic rings. The van der Waals surface area contributed by atoms with Crippen LogP contribution in [0, 0.1) is 11.6 Å². The molecular weight excluding hydrogens is 596 g/mol. The molecule has 0 aromatic heterocycles. The fourth-order valence-electron chi connectivity index (χ4n) is 5.76. The minimum absolute atomic E-state index is 0.0186. The van der Waals surface area contributed by atoms with Gasteiger partial charge in [-0.25, -0.2) is 22.0 Å². The highest BCUT2D eigenvalue weighted by molar-refractivity contribution is 8.00. The van der Waals surface area contributed by atoms with E-state index in [0.29, 0.717) is 43.4 Å². The molecule has 7 nitrogen and oxygen atoms in total. The fourth-order valence-corrected chi connectivity index (χ4v) is 7.09. The van der Waals surface area contributed by atoms with Crippen LogP contribution in [-0.4, -0.2) is 81.3 Å². The molecule has 3 aromatic carbocycles. The number of sulfone groups is 1.